The third-order valence-corrected chi connectivity index (χ3v) is 2.83. The number of carboxylic acids is 1. The van der Waals surface area contributed by atoms with Crippen LogP contribution in [-0.2, 0) is 0 Å². The molecule has 1 heterocycles. The first-order valence-electron chi connectivity index (χ1n) is 5.40. The first-order valence-corrected chi connectivity index (χ1v) is 5.40. The lowest BCUT2D eigenvalue weighted by atomic mass is 10.2. The number of carboxylic acid groups (broad SMARTS) is 1. The van der Waals surface area contributed by atoms with Gasteiger partial charge in [-0.1, -0.05) is 0 Å². The number of anilines is 1. The fourth-order valence-corrected chi connectivity index (χ4v) is 1.98. The van der Waals surface area contributed by atoms with Crippen LogP contribution < -0.4 is 5.32 Å². The van der Waals surface area contributed by atoms with Gasteiger partial charge in [0.15, 0.2) is 0 Å². The number of pyridine rings is 1. The summed E-state index contributed by atoms with van der Waals surface area (Å²) >= 11 is 0. The van der Waals surface area contributed by atoms with Gasteiger partial charge in [0.2, 0.25) is 5.92 Å². The summed E-state index contributed by atoms with van der Waals surface area (Å²) in [5.74, 6) is -4.95. The second-order valence-electron chi connectivity index (χ2n) is 4.29. The molecule has 0 saturated heterocycles. The molecule has 4 nitrogen and oxygen atoms in total. The normalized spacial score (nSPS) is 21.8. The van der Waals surface area contributed by atoms with Crippen molar-refractivity contribution in [2.75, 3.05) is 5.32 Å². The van der Waals surface area contributed by atoms with Crippen molar-refractivity contribution in [1.82, 2.24) is 4.98 Å². The summed E-state index contributed by atoms with van der Waals surface area (Å²) < 4.78 is 38.8. The molecule has 2 N–H and O–H groups in total. The van der Waals surface area contributed by atoms with Crippen LogP contribution in [0.25, 0.3) is 0 Å². The van der Waals surface area contributed by atoms with Gasteiger partial charge in [0.1, 0.15) is 17.2 Å². The van der Waals surface area contributed by atoms with Gasteiger partial charge in [0, 0.05) is 18.9 Å². The molecule has 1 aliphatic carbocycles. The van der Waals surface area contributed by atoms with Crippen molar-refractivity contribution in [3.8, 4) is 0 Å². The van der Waals surface area contributed by atoms with Crippen LogP contribution in [0.5, 0.6) is 0 Å². The topological polar surface area (TPSA) is 62.2 Å². The number of hydrogen-bond donors (Lipinski definition) is 2. The molecule has 1 aliphatic rings. The number of rotatable bonds is 3. The Hall–Kier alpha value is -1.79. The Morgan fingerprint density at radius 2 is 2.28 bits per heavy atom. The zero-order valence-electron chi connectivity index (χ0n) is 9.29. The van der Waals surface area contributed by atoms with E-state index in [1.807, 2.05) is 0 Å². The zero-order valence-corrected chi connectivity index (χ0v) is 9.29. The van der Waals surface area contributed by atoms with Crippen LogP contribution in [0.1, 0.15) is 29.6 Å². The molecule has 1 saturated carbocycles. The van der Waals surface area contributed by atoms with Gasteiger partial charge in [-0.05, 0) is 12.5 Å². The number of nitrogens with one attached hydrogen (secondary N) is 1. The monoisotopic (exact) mass is 260 g/mol. The fourth-order valence-electron chi connectivity index (χ4n) is 1.98. The molecule has 7 heteroatoms. The van der Waals surface area contributed by atoms with Gasteiger partial charge < -0.3 is 10.4 Å². The summed E-state index contributed by atoms with van der Waals surface area (Å²) in [6, 6.07) is 0.265. The second kappa shape index (κ2) is 4.47. The largest absolute Gasteiger partial charge is 0.478 e. The molecule has 0 bridgehead atoms. The molecule has 98 valence electrons. The first kappa shape index (κ1) is 12.7. The molecule has 0 amide bonds. The summed E-state index contributed by atoms with van der Waals surface area (Å²) in [5, 5.41) is 11.5. The van der Waals surface area contributed by atoms with E-state index >= 15 is 0 Å². The van der Waals surface area contributed by atoms with Crippen LogP contribution in [-0.4, -0.2) is 28.0 Å². The molecule has 1 unspecified atom stereocenters. The molecule has 18 heavy (non-hydrogen) atoms. The van der Waals surface area contributed by atoms with Gasteiger partial charge >= 0.3 is 5.97 Å². The quantitative estimate of drug-likeness (QED) is 0.876. The summed E-state index contributed by atoms with van der Waals surface area (Å²) in [6.07, 6.45) is 0.465. The van der Waals surface area contributed by atoms with E-state index in [4.69, 9.17) is 5.11 Å². The average molecular weight is 260 g/mol. The van der Waals surface area contributed by atoms with Crippen LogP contribution in [0.2, 0.25) is 0 Å². The van der Waals surface area contributed by atoms with Crippen LogP contribution >= 0.6 is 0 Å². The minimum Gasteiger partial charge on any atom is -0.478 e. The van der Waals surface area contributed by atoms with E-state index in [1.165, 1.54) is 0 Å². The van der Waals surface area contributed by atoms with E-state index in [0.29, 0.717) is 0 Å². The van der Waals surface area contributed by atoms with Gasteiger partial charge in [0.25, 0.3) is 0 Å². The standard InChI is InChI=1S/C11H11F3N2O2/c12-6-3-8(10(17)18)9(15-5-6)16-7-1-2-11(13,14)4-7/h3,5,7H,1-2,4H2,(H,15,16)(H,17,18). The highest BCUT2D eigenvalue weighted by Gasteiger charge is 2.39. The smallest absolute Gasteiger partial charge is 0.339 e. The Bertz CT molecular complexity index is 479. The number of aromatic nitrogens is 1. The third-order valence-electron chi connectivity index (χ3n) is 2.83. The third kappa shape index (κ3) is 2.72. The first-order chi connectivity index (χ1) is 8.37. The molecule has 0 aromatic carbocycles. The zero-order chi connectivity index (χ0) is 13.3. The number of carbonyl (C=O) groups is 1. The maximum atomic E-state index is 13.0. The summed E-state index contributed by atoms with van der Waals surface area (Å²) in [6.45, 7) is 0. The summed E-state index contributed by atoms with van der Waals surface area (Å²) in [7, 11) is 0. The lowest BCUT2D eigenvalue weighted by molar-refractivity contribution is 0.00851. The van der Waals surface area contributed by atoms with E-state index in [9.17, 15) is 18.0 Å². The van der Waals surface area contributed by atoms with Crippen molar-refractivity contribution in [3.05, 3.63) is 23.6 Å². The molecule has 1 aromatic rings. The van der Waals surface area contributed by atoms with E-state index < -0.39 is 23.8 Å². The predicted molar refractivity (Wildman–Crippen MR) is 57.4 cm³/mol. The minimum absolute atomic E-state index is 0.0772. The maximum Gasteiger partial charge on any atom is 0.339 e. The molecule has 0 aliphatic heterocycles. The summed E-state index contributed by atoms with van der Waals surface area (Å²) in [4.78, 5) is 14.5. The van der Waals surface area contributed by atoms with E-state index in [0.717, 1.165) is 12.3 Å². The van der Waals surface area contributed by atoms with Gasteiger partial charge in [-0.3, -0.25) is 0 Å². The van der Waals surface area contributed by atoms with Crippen molar-refractivity contribution >= 4 is 11.8 Å². The van der Waals surface area contributed by atoms with E-state index in [2.05, 4.69) is 10.3 Å². The van der Waals surface area contributed by atoms with Crippen LogP contribution in [0, 0.1) is 5.82 Å². The van der Waals surface area contributed by atoms with Crippen molar-refractivity contribution in [2.24, 2.45) is 0 Å². The Kier molecular flexibility index (Phi) is 3.14. The van der Waals surface area contributed by atoms with Gasteiger partial charge in [0.05, 0.1) is 6.20 Å². The molecular formula is C11H11F3N2O2. The molecular weight excluding hydrogens is 249 g/mol. The Morgan fingerprint density at radius 3 is 2.83 bits per heavy atom. The Morgan fingerprint density at radius 1 is 1.56 bits per heavy atom. The Labute approximate surface area is 101 Å². The molecule has 0 radical (unpaired) electrons. The SMILES string of the molecule is O=C(O)c1cc(F)cnc1NC1CCC(F)(F)C1. The highest BCUT2D eigenvalue weighted by Crippen LogP contribution is 2.36. The number of halogens is 3. The second-order valence-corrected chi connectivity index (χ2v) is 4.29. The average Bonchev–Trinajstić information content (AvgIpc) is 2.60. The highest BCUT2D eigenvalue weighted by atomic mass is 19.3. The number of alkyl halides is 2. The fraction of sp³-hybridized carbons (Fsp3) is 0.455. The predicted octanol–water partition coefficient (Wildman–Crippen LogP) is 2.52. The van der Waals surface area contributed by atoms with Crippen LogP contribution in [0.4, 0.5) is 19.0 Å². The molecule has 2 rings (SSSR count). The lowest BCUT2D eigenvalue weighted by Gasteiger charge is -2.15. The van der Waals surface area contributed by atoms with Gasteiger partial charge in [-0.2, -0.15) is 0 Å². The molecule has 1 aromatic heterocycles. The van der Waals surface area contributed by atoms with Crippen molar-refractivity contribution < 1.29 is 23.1 Å². The van der Waals surface area contributed by atoms with Crippen molar-refractivity contribution in [1.29, 1.82) is 0 Å². The molecule has 0 spiro atoms. The number of aromatic carboxylic acids is 1. The molecule has 1 fully saturated rings. The minimum atomic E-state index is -2.74. The molecule has 1 atom stereocenters. The number of hydrogen-bond acceptors (Lipinski definition) is 3. The maximum absolute atomic E-state index is 13.0. The van der Waals surface area contributed by atoms with Crippen molar-refractivity contribution in [3.63, 3.8) is 0 Å². The Balaban J connectivity index is 2.17. The van der Waals surface area contributed by atoms with Gasteiger partial charge in [-0.25, -0.2) is 22.9 Å². The number of nitrogens with zero attached hydrogens (tertiary/aromatic N) is 1. The van der Waals surface area contributed by atoms with Crippen LogP contribution in [0.15, 0.2) is 12.3 Å². The van der Waals surface area contributed by atoms with E-state index in [-0.39, 0.29) is 30.6 Å². The van der Waals surface area contributed by atoms with E-state index in [1.54, 1.807) is 0 Å². The van der Waals surface area contributed by atoms with Crippen molar-refractivity contribution in [2.45, 2.75) is 31.2 Å². The lowest BCUT2D eigenvalue weighted by Crippen LogP contribution is -2.21. The summed E-state index contributed by atoms with van der Waals surface area (Å²) in [5.41, 5.74) is -0.356. The van der Waals surface area contributed by atoms with Crippen LogP contribution in [0.3, 0.4) is 0 Å². The van der Waals surface area contributed by atoms with Gasteiger partial charge in [-0.15, -0.1) is 0 Å². The highest BCUT2D eigenvalue weighted by molar-refractivity contribution is 5.93.